The third-order valence-electron chi connectivity index (χ3n) is 1.45. The first kappa shape index (κ1) is 8.74. The lowest BCUT2D eigenvalue weighted by atomic mass is 10.1. The van der Waals surface area contributed by atoms with Gasteiger partial charge in [0, 0.05) is 5.56 Å². The summed E-state index contributed by atoms with van der Waals surface area (Å²) >= 11 is 9.28. The first-order valence-corrected chi connectivity index (χ1v) is 4.25. The Morgan fingerprint density at radius 3 is 2.64 bits per heavy atom. The maximum absolute atomic E-state index is 5.07. The van der Waals surface area contributed by atoms with Crippen LogP contribution in [0.5, 0.6) is 0 Å². The lowest BCUT2D eigenvalue weighted by Crippen LogP contribution is -1.95. The van der Waals surface area contributed by atoms with E-state index in [-0.39, 0.29) is 0 Å². The van der Waals surface area contributed by atoms with E-state index in [1.54, 1.807) is 6.33 Å². The van der Waals surface area contributed by atoms with Crippen molar-refractivity contribution in [3.05, 3.63) is 16.5 Å². The summed E-state index contributed by atoms with van der Waals surface area (Å²) in [4.78, 5) is 6.88. The second-order valence-corrected chi connectivity index (χ2v) is 3.46. The van der Waals surface area contributed by atoms with E-state index in [4.69, 9.17) is 12.2 Å². The van der Waals surface area contributed by atoms with Crippen LogP contribution in [0.15, 0.2) is 11.4 Å². The number of aromatic nitrogens is 2. The van der Waals surface area contributed by atoms with Gasteiger partial charge in [0.05, 0.1) is 6.33 Å². The van der Waals surface area contributed by atoms with E-state index in [1.807, 2.05) is 0 Å². The van der Waals surface area contributed by atoms with Crippen molar-refractivity contribution in [2.24, 2.45) is 0 Å². The molecule has 0 bridgehead atoms. The molecule has 1 aromatic rings. The Morgan fingerprint density at radius 1 is 1.64 bits per heavy atom. The summed E-state index contributed by atoms with van der Waals surface area (Å²) in [6.07, 6.45) is 1.57. The van der Waals surface area contributed by atoms with Gasteiger partial charge in [-0.25, -0.2) is 4.98 Å². The fourth-order valence-corrected chi connectivity index (χ4v) is 1.81. The summed E-state index contributed by atoms with van der Waals surface area (Å²) in [5.41, 5.74) is 1.02. The summed E-state index contributed by atoms with van der Waals surface area (Å²) in [6.45, 7) is 4.14. The molecule has 0 aliphatic rings. The minimum atomic E-state index is 0.375. The Morgan fingerprint density at radius 2 is 2.27 bits per heavy atom. The number of aromatic amines is 1. The van der Waals surface area contributed by atoms with Gasteiger partial charge in [0.15, 0.2) is 0 Å². The molecule has 0 radical (unpaired) electrons. The molecule has 0 aliphatic carbocycles. The van der Waals surface area contributed by atoms with E-state index in [0.29, 0.717) is 5.92 Å². The zero-order chi connectivity index (χ0) is 8.43. The molecule has 0 aromatic carbocycles. The Balaban J connectivity index is 3.33. The number of thiol groups is 1. The molecule has 0 spiro atoms. The first-order chi connectivity index (χ1) is 5.13. The molecule has 0 unspecified atom stereocenters. The highest BCUT2D eigenvalue weighted by Crippen LogP contribution is 2.19. The van der Waals surface area contributed by atoms with Crippen LogP contribution in [0, 0.1) is 4.64 Å². The SMILES string of the molecule is CC(C)c1c(S)nc[nH]c1=S. The predicted octanol–water partition coefficient (Wildman–Crippen LogP) is 2.55. The van der Waals surface area contributed by atoms with Gasteiger partial charge in [0.1, 0.15) is 9.67 Å². The largest absolute Gasteiger partial charge is 0.337 e. The lowest BCUT2D eigenvalue weighted by Gasteiger charge is -2.06. The van der Waals surface area contributed by atoms with Gasteiger partial charge in [-0.05, 0) is 5.92 Å². The first-order valence-electron chi connectivity index (χ1n) is 3.39. The van der Waals surface area contributed by atoms with Gasteiger partial charge in [-0.2, -0.15) is 0 Å². The lowest BCUT2D eigenvalue weighted by molar-refractivity contribution is 0.798. The van der Waals surface area contributed by atoms with E-state index in [1.165, 1.54) is 0 Å². The van der Waals surface area contributed by atoms with Gasteiger partial charge in [-0.1, -0.05) is 26.1 Å². The van der Waals surface area contributed by atoms with Crippen LogP contribution in [0.2, 0.25) is 0 Å². The van der Waals surface area contributed by atoms with Crippen LogP contribution in [0.3, 0.4) is 0 Å². The van der Waals surface area contributed by atoms with Crippen molar-refractivity contribution < 1.29 is 0 Å². The molecule has 0 aliphatic heterocycles. The second kappa shape index (κ2) is 3.36. The molecule has 60 valence electrons. The molecule has 11 heavy (non-hydrogen) atoms. The minimum absolute atomic E-state index is 0.375. The smallest absolute Gasteiger partial charge is 0.110 e. The number of rotatable bonds is 1. The van der Waals surface area contributed by atoms with E-state index in [2.05, 4.69) is 36.4 Å². The molecule has 0 amide bonds. The van der Waals surface area contributed by atoms with Crippen molar-refractivity contribution in [2.45, 2.75) is 24.8 Å². The van der Waals surface area contributed by atoms with Gasteiger partial charge in [0.25, 0.3) is 0 Å². The van der Waals surface area contributed by atoms with Crippen LogP contribution in [-0.4, -0.2) is 9.97 Å². The van der Waals surface area contributed by atoms with Gasteiger partial charge in [0.2, 0.25) is 0 Å². The summed E-state index contributed by atoms with van der Waals surface area (Å²) in [5.74, 6) is 0.375. The molecule has 0 saturated carbocycles. The van der Waals surface area contributed by atoms with Crippen LogP contribution < -0.4 is 0 Å². The molecule has 1 rings (SSSR count). The predicted molar refractivity (Wildman–Crippen MR) is 50.8 cm³/mol. The van der Waals surface area contributed by atoms with Crippen molar-refractivity contribution in [3.8, 4) is 0 Å². The van der Waals surface area contributed by atoms with Crippen LogP contribution in [0.25, 0.3) is 0 Å². The third kappa shape index (κ3) is 1.81. The quantitative estimate of drug-likeness (QED) is 0.401. The maximum Gasteiger partial charge on any atom is 0.110 e. The van der Waals surface area contributed by atoms with Gasteiger partial charge >= 0.3 is 0 Å². The molecule has 1 N–H and O–H groups in total. The fourth-order valence-electron chi connectivity index (χ4n) is 0.921. The van der Waals surface area contributed by atoms with Crippen molar-refractivity contribution in [3.63, 3.8) is 0 Å². The number of hydrogen-bond donors (Lipinski definition) is 2. The summed E-state index contributed by atoms with van der Waals surface area (Å²) in [7, 11) is 0. The van der Waals surface area contributed by atoms with E-state index in [0.717, 1.165) is 15.2 Å². The van der Waals surface area contributed by atoms with E-state index >= 15 is 0 Å². The Hall–Kier alpha value is -0.350. The maximum atomic E-state index is 5.07. The molecular formula is C7H10N2S2. The zero-order valence-electron chi connectivity index (χ0n) is 6.46. The molecule has 1 aromatic heterocycles. The molecule has 0 fully saturated rings. The number of hydrogen-bond acceptors (Lipinski definition) is 3. The molecule has 1 heterocycles. The van der Waals surface area contributed by atoms with Crippen LogP contribution in [-0.2, 0) is 0 Å². The fraction of sp³-hybridized carbons (Fsp3) is 0.429. The summed E-state index contributed by atoms with van der Waals surface area (Å²) in [6, 6.07) is 0. The third-order valence-corrected chi connectivity index (χ3v) is 2.14. The Kier molecular flexibility index (Phi) is 2.67. The second-order valence-electron chi connectivity index (χ2n) is 2.62. The van der Waals surface area contributed by atoms with Crippen LogP contribution >= 0.6 is 24.8 Å². The molecule has 2 nitrogen and oxygen atoms in total. The molecular weight excluding hydrogens is 176 g/mol. The van der Waals surface area contributed by atoms with Crippen molar-refractivity contribution in [2.75, 3.05) is 0 Å². The standard InChI is InChI=1S/C7H10N2S2/c1-4(2)5-6(10)8-3-9-7(5)11/h3-4H,1-2H3,(H2,8,9,10,11). The van der Waals surface area contributed by atoms with Gasteiger partial charge in [-0.15, -0.1) is 12.6 Å². The highest BCUT2D eigenvalue weighted by Gasteiger charge is 2.05. The van der Waals surface area contributed by atoms with Crippen molar-refractivity contribution >= 4 is 24.8 Å². The molecule has 4 heteroatoms. The van der Waals surface area contributed by atoms with E-state index in [9.17, 15) is 0 Å². The zero-order valence-corrected chi connectivity index (χ0v) is 8.17. The summed E-state index contributed by atoms with van der Waals surface area (Å²) in [5, 5.41) is 0.726. The summed E-state index contributed by atoms with van der Waals surface area (Å²) < 4.78 is 0.736. The van der Waals surface area contributed by atoms with E-state index < -0.39 is 0 Å². The van der Waals surface area contributed by atoms with Crippen molar-refractivity contribution in [1.82, 2.24) is 9.97 Å². The van der Waals surface area contributed by atoms with Gasteiger partial charge < -0.3 is 4.98 Å². The molecule has 0 atom stereocenters. The van der Waals surface area contributed by atoms with Crippen LogP contribution in [0.1, 0.15) is 25.3 Å². The average Bonchev–Trinajstić information content (AvgIpc) is 1.85. The average molecular weight is 186 g/mol. The van der Waals surface area contributed by atoms with Gasteiger partial charge in [-0.3, -0.25) is 0 Å². The Bertz CT molecular complexity index is 304. The minimum Gasteiger partial charge on any atom is -0.337 e. The normalized spacial score (nSPS) is 10.5. The van der Waals surface area contributed by atoms with Crippen LogP contribution in [0.4, 0.5) is 0 Å². The number of nitrogens with one attached hydrogen (secondary N) is 1. The highest BCUT2D eigenvalue weighted by atomic mass is 32.1. The highest BCUT2D eigenvalue weighted by molar-refractivity contribution is 7.80. The van der Waals surface area contributed by atoms with Crippen molar-refractivity contribution in [1.29, 1.82) is 0 Å². The topological polar surface area (TPSA) is 28.7 Å². The number of H-pyrrole nitrogens is 1. The Labute approximate surface area is 76.5 Å². The molecule has 0 saturated heterocycles. The number of nitrogens with zero attached hydrogens (tertiary/aromatic N) is 1. The monoisotopic (exact) mass is 186 g/mol.